The number of carbonyl (C=O) groups excluding carboxylic acids is 1. The van der Waals surface area contributed by atoms with Crippen molar-refractivity contribution in [1.29, 1.82) is 0 Å². The molecule has 1 heterocycles. The standard InChI is InChI=1S/C16H13FN2O4/c17-11-3-1-2-4-13(11)22-9-15(20)18-8-10-5-6-12-14(7-10)23-16(21)19-12/h1-7H,8-9H2,(H,18,20)(H,19,21). The van der Waals surface area contributed by atoms with Gasteiger partial charge >= 0.3 is 5.76 Å². The van der Waals surface area contributed by atoms with E-state index in [1.54, 1.807) is 24.3 Å². The quantitative estimate of drug-likeness (QED) is 0.753. The molecule has 0 aliphatic rings. The van der Waals surface area contributed by atoms with Gasteiger partial charge in [0.1, 0.15) is 0 Å². The van der Waals surface area contributed by atoms with Crippen LogP contribution in [0.3, 0.4) is 0 Å². The largest absolute Gasteiger partial charge is 0.481 e. The highest BCUT2D eigenvalue weighted by atomic mass is 19.1. The molecule has 0 atom stereocenters. The fourth-order valence-corrected chi connectivity index (χ4v) is 2.06. The third-order valence-corrected chi connectivity index (χ3v) is 3.17. The number of fused-ring (bicyclic) bond motifs is 1. The minimum atomic E-state index is -0.528. The summed E-state index contributed by atoms with van der Waals surface area (Å²) < 4.78 is 23.4. The first-order chi connectivity index (χ1) is 11.1. The Hall–Kier alpha value is -3.09. The lowest BCUT2D eigenvalue weighted by atomic mass is 10.2. The van der Waals surface area contributed by atoms with E-state index >= 15 is 0 Å². The molecule has 6 nitrogen and oxygen atoms in total. The zero-order valence-corrected chi connectivity index (χ0v) is 12.0. The van der Waals surface area contributed by atoms with Crippen molar-refractivity contribution >= 4 is 17.0 Å². The van der Waals surface area contributed by atoms with Gasteiger partial charge in [0.05, 0.1) is 5.52 Å². The summed E-state index contributed by atoms with van der Waals surface area (Å²) in [5.74, 6) is -1.41. The van der Waals surface area contributed by atoms with Gasteiger partial charge in [0.2, 0.25) is 0 Å². The maximum Gasteiger partial charge on any atom is 0.417 e. The van der Waals surface area contributed by atoms with E-state index in [1.807, 2.05) is 0 Å². The molecular formula is C16H13FN2O4. The van der Waals surface area contributed by atoms with E-state index in [1.165, 1.54) is 18.2 Å². The first-order valence-electron chi connectivity index (χ1n) is 6.87. The van der Waals surface area contributed by atoms with Crippen molar-refractivity contribution in [2.45, 2.75) is 6.54 Å². The van der Waals surface area contributed by atoms with E-state index in [-0.39, 0.29) is 24.8 Å². The number of aromatic nitrogens is 1. The maximum absolute atomic E-state index is 13.3. The minimum absolute atomic E-state index is 0.0261. The maximum atomic E-state index is 13.3. The number of carbonyl (C=O) groups is 1. The van der Waals surface area contributed by atoms with Crippen LogP contribution >= 0.6 is 0 Å². The van der Waals surface area contributed by atoms with Crippen LogP contribution in [-0.2, 0) is 11.3 Å². The summed E-state index contributed by atoms with van der Waals surface area (Å²) in [6.45, 7) is -0.0489. The molecule has 0 radical (unpaired) electrons. The second-order valence-corrected chi connectivity index (χ2v) is 4.84. The smallest absolute Gasteiger partial charge is 0.417 e. The number of oxazole rings is 1. The van der Waals surface area contributed by atoms with Crippen molar-refractivity contribution in [1.82, 2.24) is 10.3 Å². The molecule has 2 aromatic carbocycles. The Morgan fingerprint density at radius 3 is 2.91 bits per heavy atom. The highest BCUT2D eigenvalue weighted by Gasteiger charge is 2.07. The third-order valence-electron chi connectivity index (χ3n) is 3.17. The SMILES string of the molecule is O=C(COc1ccccc1F)NCc1ccc2[nH]c(=O)oc2c1. The number of benzene rings is 2. The number of H-pyrrole nitrogens is 1. The van der Waals surface area contributed by atoms with Crippen molar-refractivity contribution in [3.63, 3.8) is 0 Å². The molecule has 3 rings (SSSR count). The fourth-order valence-electron chi connectivity index (χ4n) is 2.06. The number of amides is 1. The van der Waals surface area contributed by atoms with Crippen molar-refractivity contribution in [2.75, 3.05) is 6.61 Å². The number of rotatable bonds is 5. The normalized spacial score (nSPS) is 10.7. The van der Waals surface area contributed by atoms with Crippen LogP contribution in [0.5, 0.6) is 5.75 Å². The number of hydrogen-bond acceptors (Lipinski definition) is 4. The van der Waals surface area contributed by atoms with Crippen molar-refractivity contribution < 1.29 is 18.3 Å². The van der Waals surface area contributed by atoms with Gasteiger partial charge in [-0.1, -0.05) is 18.2 Å². The van der Waals surface area contributed by atoms with Gasteiger partial charge < -0.3 is 14.5 Å². The van der Waals surface area contributed by atoms with E-state index in [2.05, 4.69) is 10.3 Å². The molecule has 0 aliphatic carbocycles. The first kappa shape index (κ1) is 14.8. The Balaban J connectivity index is 1.55. The van der Waals surface area contributed by atoms with E-state index in [0.717, 1.165) is 5.56 Å². The average Bonchev–Trinajstić information content (AvgIpc) is 2.91. The van der Waals surface area contributed by atoms with Gasteiger partial charge in [-0.05, 0) is 29.8 Å². The number of halogens is 1. The predicted molar refractivity (Wildman–Crippen MR) is 80.6 cm³/mol. The summed E-state index contributed by atoms with van der Waals surface area (Å²) in [5.41, 5.74) is 1.77. The Kier molecular flexibility index (Phi) is 4.09. The van der Waals surface area contributed by atoms with Gasteiger partial charge in [-0.3, -0.25) is 9.78 Å². The highest BCUT2D eigenvalue weighted by Crippen LogP contribution is 2.15. The topological polar surface area (TPSA) is 84.3 Å². The molecule has 0 fully saturated rings. The van der Waals surface area contributed by atoms with Crippen LogP contribution in [0.4, 0.5) is 4.39 Å². The average molecular weight is 316 g/mol. The van der Waals surface area contributed by atoms with Crippen LogP contribution in [0.25, 0.3) is 11.1 Å². The van der Waals surface area contributed by atoms with E-state index < -0.39 is 11.6 Å². The Bertz CT molecular complexity index is 900. The van der Waals surface area contributed by atoms with Gasteiger partial charge in [0, 0.05) is 6.54 Å². The lowest BCUT2D eigenvalue weighted by Crippen LogP contribution is -2.28. The van der Waals surface area contributed by atoms with Crippen LogP contribution < -0.4 is 15.8 Å². The van der Waals surface area contributed by atoms with Crippen molar-refractivity contribution in [3.8, 4) is 5.75 Å². The molecule has 0 aliphatic heterocycles. The lowest BCUT2D eigenvalue weighted by molar-refractivity contribution is -0.123. The second-order valence-electron chi connectivity index (χ2n) is 4.84. The van der Waals surface area contributed by atoms with Crippen LogP contribution in [0.2, 0.25) is 0 Å². The monoisotopic (exact) mass is 316 g/mol. The number of hydrogen-bond donors (Lipinski definition) is 2. The molecule has 118 valence electrons. The Morgan fingerprint density at radius 2 is 2.09 bits per heavy atom. The van der Waals surface area contributed by atoms with E-state index in [9.17, 15) is 14.0 Å². The van der Waals surface area contributed by atoms with Crippen LogP contribution in [0, 0.1) is 5.82 Å². The Labute approximate surface area is 129 Å². The summed E-state index contributed by atoms with van der Waals surface area (Å²) in [7, 11) is 0. The van der Waals surface area contributed by atoms with Gasteiger partial charge in [-0.2, -0.15) is 0 Å². The fraction of sp³-hybridized carbons (Fsp3) is 0.125. The second kappa shape index (κ2) is 6.35. The van der Waals surface area contributed by atoms with E-state index in [0.29, 0.717) is 11.1 Å². The predicted octanol–water partition coefficient (Wildman–Crippen LogP) is 1.96. The highest BCUT2D eigenvalue weighted by molar-refractivity contribution is 5.78. The van der Waals surface area contributed by atoms with Crippen LogP contribution in [0.15, 0.2) is 51.7 Å². The molecule has 0 saturated carbocycles. The molecule has 1 amide bonds. The van der Waals surface area contributed by atoms with Gasteiger partial charge in [0.15, 0.2) is 23.8 Å². The minimum Gasteiger partial charge on any atom is -0.481 e. The molecule has 0 spiro atoms. The Morgan fingerprint density at radius 1 is 1.26 bits per heavy atom. The molecule has 23 heavy (non-hydrogen) atoms. The summed E-state index contributed by atoms with van der Waals surface area (Å²) >= 11 is 0. The third kappa shape index (κ3) is 3.57. The van der Waals surface area contributed by atoms with E-state index in [4.69, 9.17) is 9.15 Å². The molecule has 0 unspecified atom stereocenters. The summed E-state index contributed by atoms with van der Waals surface area (Å²) in [6.07, 6.45) is 0. The molecule has 1 aromatic heterocycles. The summed E-state index contributed by atoms with van der Waals surface area (Å²) in [6, 6.07) is 11.0. The lowest BCUT2D eigenvalue weighted by Gasteiger charge is -2.08. The number of para-hydroxylation sites is 1. The first-order valence-corrected chi connectivity index (χ1v) is 6.87. The van der Waals surface area contributed by atoms with Crippen molar-refractivity contribution in [3.05, 3.63) is 64.4 Å². The molecule has 0 saturated heterocycles. The molecule has 3 aromatic rings. The molecule has 2 N–H and O–H groups in total. The zero-order valence-electron chi connectivity index (χ0n) is 12.0. The van der Waals surface area contributed by atoms with Crippen LogP contribution in [0.1, 0.15) is 5.56 Å². The zero-order chi connectivity index (χ0) is 16.2. The van der Waals surface area contributed by atoms with Gasteiger partial charge in [-0.25, -0.2) is 9.18 Å². The summed E-state index contributed by atoms with van der Waals surface area (Å²) in [5, 5.41) is 2.64. The number of aromatic amines is 1. The molecule has 0 bridgehead atoms. The van der Waals surface area contributed by atoms with Crippen LogP contribution in [-0.4, -0.2) is 17.5 Å². The molecule has 7 heteroatoms. The molecular weight excluding hydrogens is 303 g/mol. The van der Waals surface area contributed by atoms with Gasteiger partial charge in [0.25, 0.3) is 5.91 Å². The van der Waals surface area contributed by atoms with Gasteiger partial charge in [-0.15, -0.1) is 0 Å². The number of nitrogens with one attached hydrogen (secondary N) is 2. The number of ether oxygens (including phenoxy) is 1. The van der Waals surface area contributed by atoms with Crippen molar-refractivity contribution in [2.24, 2.45) is 0 Å². The summed E-state index contributed by atoms with van der Waals surface area (Å²) in [4.78, 5) is 25.3.